The second kappa shape index (κ2) is 5.33. The SMILES string of the molecule is Cl.c1cnc2nc(N3CCCNCC3)[nH]c2c1. The van der Waals surface area contributed by atoms with E-state index in [1.165, 1.54) is 0 Å². The summed E-state index contributed by atoms with van der Waals surface area (Å²) < 4.78 is 0. The summed E-state index contributed by atoms with van der Waals surface area (Å²) in [5.41, 5.74) is 1.81. The first-order valence-electron chi connectivity index (χ1n) is 5.70. The number of aromatic nitrogens is 3. The van der Waals surface area contributed by atoms with Crippen molar-refractivity contribution in [3.8, 4) is 0 Å². The quantitative estimate of drug-likeness (QED) is 0.801. The summed E-state index contributed by atoms with van der Waals surface area (Å²) in [7, 11) is 0. The molecule has 1 aliphatic heterocycles. The standard InChI is InChI=1S/C11H15N5.ClH/c1-3-9-10(13-5-1)15-11(14-9)16-7-2-4-12-6-8-16;/h1,3,5,12H,2,4,6-8H2,(H,13,14,15);1H. The molecule has 0 aromatic carbocycles. The van der Waals surface area contributed by atoms with Crippen molar-refractivity contribution in [1.29, 1.82) is 0 Å². The molecule has 1 aliphatic rings. The Morgan fingerprint density at radius 1 is 1.24 bits per heavy atom. The molecule has 92 valence electrons. The molecule has 3 rings (SSSR count). The lowest BCUT2D eigenvalue weighted by atomic mass is 10.4. The third-order valence-electron chi connectivity index (χ3n) is 2.88. The van der Waals surface area contributed by atoms with E-state index in [-0.39, 0.29) is 12.4 Å². The highest BCUT2D eigenvalue weighted by molar-refractivity contribution is 5.85. The number of hydrogen-bond donors (Lipinski definition) is 2. The smallest absolute Gasteiger partial charge is 0.205 e. The Balaban J connectivity index is 0.00000108. The lowest BCUT2D eigenvalue weighted by molar-refractivity contribution is 0.724. The first kappa shape index (κ1) is 12.1. The zero-order chi connectivity index (χ0) is 10.8. The van der Waals surface area contributed by atoms with Gasteiger partial charge >= 0.3 is 0 Å². The largest absolute Gasteiger partial charge is 0.341 e. The third kappa shape index (κ3) is 2.50. The Hall–Kier alpha value is -1.33. The van der Waals surface area contributed by atoms with Crippen LogP contribution in [0.15, 0.2) is 18.3 Å². The number of imidazole rings is 1. The van der Waals surface area contributed by atoms with Crippen LogP contribution in [-0.4, -0.2) is 41.1 Å². The maximum atomic E-state index is 4.51. The van der Waals surface area contributed by atoms with E-state index in [2.05, 4.69) is 25.2 Å². The molecule has 2 aromatic rings. The van der Waals surface area contributed by atoms with Crippen LogP contribution in [0.2, 0.25) is 0 Å². The lowest BCUT2D eigenvalue weighted by Crippen LogP contribution is -2.28. The number of nitrogens with one attached hydrogen (secondary N) is 2. The van der Waals surface area contributed by atoms with Crippen LogP contribution in [0.3, 0.4) is 0 Å². The molecule has 1 fully saturated rings. The van der Waals surface area contributed by atoms with Gasteiger partial charge in [0.1, 0.15) is 0 Å². The van der Waals surface area contributed by atoms with Gasteiger partial charge in [0, 0.05) is 25.8 Å². The second-order valence-corrected chi connectivity index (χ2v) is 4.03. The Kier molecular flexibility index (Phi) is 3.81. The van der Waals surface area contributed by atoms with Crippen LogP contribution in [0, 0.1) is 0 Å². The summed E-state index contributed by atoms with van der Waals surface area (Å²) in [6.45, 7) is 4.16. The number of pyridine rings is 1. The van der Waals surface area contributed by atoms with Crippen LogP contribution in [-0.2, 0) is 0 Å². The van der Waals surface area contributed by atoms with Crippen LogP contribution in [0.4, 0.5) is 5.95 Å². The van der Waals surface area contributed by atoms with Gasteiger partial charge in [0.15, 0.2) is 5.65 Å². The van der Waals surface area contributed by atoms with Gasteiger partial charge in [-0.2, -0.15) is 4.98 Å². The van der Waals surface area contributed by atoms with E-state index in [4.69, 9.17) is 0 Å². The van der Waals surface area contributed by atoms with Gasteiger partial charge in [-0.1, -0.05) is 0 Å². The topological polar surface area (TPSA) is 56.8 Å². The summed E-state index contributed by atoms with van der Waals surface area (Å²) in [4.78, 5) is 14.3. The zero-order valence-corrected chi connectivity index (χ0v) is 10.3. The first-order valence-corrected chi connectivity index (χ1v) is 5.70. The van der Waals surface area contributed by atoms with Gasteiger partial charge in [-0.25, -0.2) is 4.98 Å². The Morgan fingerprint density at radius 3 is 3.06 bits per heavy atom. The molecule has 3 heterocycles. The van der Waals surface area contributed by atoms with E-state index in [1.807, 2.05) is 12.1 Å². The molecule has 0 radical (unpaired) electrons. The summed E-state index contributed by atoms with van der Waals surface area (Å²) in [5, 5.41) is 3.38. The van der Waals surface area contributed by atoms with Gasteiger partial charge < -0.3 is 15.2 Å². The number of fused-ring (bicyclic) bond motifs is 1. The minimum atomic E-state index is 0. The molecule has 2 aromatic heterocycles. The molecule has 1 saturated heterocycles. The number of aromatic amines is 1. The summed E-state index contributed by atoms with van der Waals surface area (Å²) in [5.74, 6) is 0.942. The third-order valence-corrected chi connectivity index (χ3v) is 2.88. The van der Waals surface area contributed by atoms with Crippen molar-refractivity contribution in [3.63, 3.8) is 0 Å². The van der Waals surface area contributed by atoms with Crippen LogP contribution in [0.25, 0.3) is 11.2 Å². The van der Waals surface area contributed by atoms with Gasteiger partial charge in [0.05, 0.1) is 5.52 Å². The average molecular weight is 254 g/mol. The van der Waals surface area contributed by atoms with Gasteiger partial charge in [-0.05, 0) is 25.1 Å². The van der Waals surface area contributed by atoms with E-state index in [9.17, 15) is 0 Å². The molecule has 0 unspecified atom stereocenters. The highest BCUT2D eigenvalue weighted by Crippen LogP contribution is 2.15. The molecule has 0 amide bonds. The molecular formula is C11H16ClN5. The molecule has 0 atom stereocenters. The van der Waals surface area contributed by atoms with Gasteiger partial charge in [-0.15, -0.1) is 12.4 Å². The molecule has 6 heteroatoms. The predicted octanol–water partition coefficient (Wildman–Crippen LogP) is 1.18. The maximum absolute atomic E-state index is 4.51. The van der Waals surface area contributed by atoms with Crippen molar-refractivity contribution < 1.29 is 0 Å². The molecule has 5 nitrogen and oxygen atoms in total. The van der Waals surface area contributed by atoms with E-state index >= 15 is 0 Å². The molecule has 0 spiro atoms. The highest BCUT2D eigenvalue weighted by Gasteiger charge is 2.13. The van der Waals surface area contributed by atoms with Gasteiger partial charge in [-0.3, -0.25) is 0 Å². The normalized spacial score (nSPS) is 16.6. The molecule has 0 aliphatic carbocycles. The van der Waals surface area contributed by atoms with E-state index in [1.54, 1.807) is 6.20 Å². The molecule has 17 heavy (non-hydrogen) atoms. The maximum Gasteiger partial charge on any atom is 0.205 e. The Bertz CT molecular complexity index is 442. The minimum absolute atomic E-state index is 0. The summed E-state index contributed by atoms with van der Waals surface area (Å²) >= 11 is 0. The lowest BCUT2D eigenvalue weighted by Gasteiger charge is -2.18. The number of nitrogens with zero attached hydrogens (tertiary/aromatic N) is 3. The molecule has 0 bridgehead atoms. The van der Waals surface area contributed by atoms with E-state index in [0.29, 0.717) is 0 Å². The fraction of sp³-hybridized carbons (Fsp3) is 0.455. The number of hydrogen-bond acceptors (Lipinski definition) is 4. The molecule has 2 N–H and O–H groups in total. The van der Waals surface area contributed by atoms with Gasteiger partial charge in [0.25, 0.3) is 0 Å². The van der Waals surface area contributed by atoms with Crippen molar-refractivity contribution in [2.24, 2.45) is 0 Å². The van der Waals surface area contributed by atoms with Crippen molar-refractivity contribution in [3.05, 3.63) is 18.3 Å². The molecule has 0 saturated carbocycles. The number of anilines is 1. The Labute approximate surface area is 106 Å². The van der Waals surface area contributed by atoms with Crippen molar-refractivity contribution in [1.82, 2.24) is 20.3 Å². The van der Waals surface area contributed by atoms with Crippen LogP contribution >= 0.6 is 12.4 Å². The Morgan fingerprint density at radius 2 is 2.18 bits per heavy atom. The predicted molar refractivity (Wildman–Crippen MR) is 70.8 cm³/mol. The number of H-pyrrole nitrogens is 1. The van der Waals surface area contributed by atoms with Gasteiger partial charge in [0.2, 0.25) is 5.95 Å². The fourth-order valence-electron chi connectivity index (χ4n) is 2.04. The summed E-state index contributed by atoms with van der Waals surface area (Å²) in [6, 6.07) is 3.93. The minimum Gasteiger partial charge on any atom is -0.341 e. The zero-order valence-electron chi connectivity index (χ0n) is 9.52. The monoisotopic (exact) mass is 253 g/mol. The number of halogens is 1. The summed E-state index contributed by atoms with van der Waals surface area (Å²) in [6.07, 6.45) is 2.93. The van der Waals surface area contributed by atoms with Crippen LogP contribution < -0.4 is 10.2 Å². The second-order valence-electron chi connectivity index (χ2n) is 4.03. The van der Waals surface area contributed by atoms with Crippen LogP contribution in [0.1, 0.15) is 6.42 Å². The highest BCUT2D eigenvalue weighted by atomic mass is 35.5. The number of rotatable bonds is 1. The molecular weight excluding hydrogens is 238 g/mol. The first-order chi connectivity index (χ1) is 7.93. The average Bonchev–Trinajstić information content (AvgIpc) is 2.56. The van der Waals surface area contributed by atoms with Crippen molar-refractivity contribution in [2.75, 3.05) is 31.1 Å². The van der Waals surface area contributed by atoms with E-state index in [0.717, 1.165) is 49.7 Å². The van der Waals surface area contributed by atoms with Crippen LogP contribution in [0.5, 0.6) is 0 Å². The van der Waals surface area contributed by atoms with E-state index < -0.39 is 0 Å². The van der Waals surface area contributed by atoms with Crippen molar-refractivity contribution in [2.45, 2.75) is 6.42 Å². The van der Waals surface area contributed by atoms with Crippen molar-refractivity contribution >= 4 is 29.5 Å². The fourth-order valence-corrected chi connectivity index (χ4v) is 2.04.